The van der Waals surface area contributed by atoms with Gasteiger partial charge in [0.05, 0.1) is 19.0 Å². The Morgan fingerprint density at radius 3 is 2.93 bits per heavy atom. The molecule has 0 fully saturated rings. The molecule has 1 aliphatic rings. The molecule has 0 radical (unpaired) electrons. The van der Waals surface area contributed by atoms with Crippen LogP contribution in [0.3, 0.4) is 0 Å². The molecule has 1 aliphatic carbocycles. The van der Waals surface area contributed by atoms with Crippen molar-refractivity contribution in [2.45, 2.75) is 38.6 Å². The van der Waals surface area contributed by atoms with Gasteiger partial charge < -0.3 is 0 Å². The Bertz CT molecular complexity index is 422. The number of H-pyrrole nitrogens is 1. The fourth-order valence-corrected chi connectivity index (χ4v) is 1.96. The summed E-state index contributed by atoms with van der Waals surface area (Å²) in [7, 11) is 0. The second-order valence-electron chi connectivity index (χ2n) is 3.64. The summed E-state index contributed by atoms with van der Waals surface area (Å²) in [4.78, 5) is 11.7. The molecule has 1 aromatic rings. The highest BCUT2D eigenvalue weighted by Crippen LogP contribution is 2.15. The molecule has 0 unspecified atom stereocenters. The normalized spacial score (nSPS) is 14.8. The van der Waals surface area contributed by atoms with E-state index in [0.29, 0.717) is 13.0 Å². The van der Waals surface area contributed by atoms with Gasteiger partial charge in [0.15, 0.2) is 0 Å². The molecule has 0 aliphatic heterocycles. The lowest BCUT2D eigenvalue weighted by Gasteiger charge is -2.07. The number of aromatic nitrogens is 2. The Kier molecular flexibility index (Phi) is 2.40. The molecule has 4 nitrogen and oxygen atoms in total. The third kappa shape index (κ3) is 1.46. The van der Waals surface area contributed by atoms with Crippen molar-refractivity contribution in [2.24, 2.45) is 0 Å². The van der Waals surface area contributed by atoms with Crippen LogP contribution in [0.4, 0.5) is 0 Å². The smallest absolute Gasteiger partial charge is 0.269 e. The van der Waals surface area contributed by atoms with Gasteiger partial charge in [-0.15, -0.1) is 0 Å². The molecule has 0 aromatic carbocycles. The van der Waals surface area contributed by atoms with Gasteiger partial charge in [-0.2, -0.15) is 5.26 Å². The zero-order valence-corrected chi connectivity index (χ0v) is 8.05. The van der Waals surface area contributed by atoms with E-state index in [4.69, 9.17) is 5.26 Å². The largest absolute Gasteiger partial charge is 0.299 e. The van der Waals surface area contributed by atoms with Crippen LogP contribution in [0.1, 0.15) is 30.5 Å². The number of aromatic amines is 1. The zero-order valence-electron chi connectivity index (χ0n) is 8.05. The predicted molar refractivity (Wildman–Crippen MR) is 51.9 cm³/mol. The van der Waals surface area contributed by atoms with Crippen LogP contribution < -0.4 is 5.56 Å². The number of nitrogens with one attached hydrogen (secondary N) is 1. The molecule has 0 atom stereocenters. The molecule has 0 bridgehead atoms. The molecule has 1 heterocycles. The zero-order chi connectivity index (χ0) is 9.97. The number of rotatable bonds is 2. The molecule has 1 aromatic heterocycles. The van der Waals surface area contributed by atoms with Crippen LogP contribution in [0.5, 0.6) is 0 Å². The van der Waals surface area contributed by atoms with E-state index in [1.165, 1.54) is 0 Å². The van der Waals surface area contributed by atoms with Crippen molar-refractivity contribution in [3.05, 3.63) is 21.6 Å². The van der Waals surface area contributed by atoms with Gasteiger partial charge in [-0.25, -0.2) is 0 Å². The van der Waals surface area contributed by atoms with Crippen molar-refractivity contribution in [3.63, 3.8) is 0 Å². The van der Waals surface area contributed by atoms with Crippen LogP contribution in [0, 0.1) is 11.3 Å². The molecular weight excluding hydrogens is 178 g/mol. The summed E-state index contributed by atoms with van der Waals surface area (Å²) < 4.78 is 1.57. The highest BCUT2D eigenvalue weighted by molar-refractivity contribution is 5.20. The van der Waals surface area contributed by atoms with Crippen LogP contribution in [-0.2, 0) is 19.4 Å². The number of nitriles is 1. The third-order valence-electron chi connectivity index (χ3n) is 2.69. The number of hydrogen-bond acceptors (Lipinski definition) is 2. The summed E-state index contributed by atoms with van der Waals surface area (Å²) in [5, 5.41) is 11.5. The lowest BCUT2D eigenvalue weighted by molar-refractivity contribution is 0.596. The maximum Gasteiger partial charge on any atom is 0.269 e. The molecule has 14 heavy (non-hydrogen) atoms. The van der Waals surface area contributed by atoms with Crippen LogP contribution in [0.15, 0.2) is 4.79 Å². The number of fused-ring (bicyclic) bond motifs is 1. The summed E-state index contributed by atoms with van der Waals surface area (Å²) in [6.45, 7) is 0.488. The van der Waals surface area contributed by atoms with Crippen LogP contribution in [-0.4, -0.2) is 9.78 Å². The van der Waals surface area contributed by atoms with E-state index in [1.54, 1.807) is 4.68 Å². The molecule has 1 N–H and O–H groups in total. The van der Waals surface area contributed by atoms with Crippen molar-refractivity contribution in [2.75, 3.05) is 0 Å². The first-order valence-corrected chi connectivity index (χ1v) is 5.00. The first-order valence-electron chi connectivity index (χ1n) is 5.00. The Labute approximate surface area is 82.1 Å². The molecule has 0 saturated heterocycles. The summed E-state index contributed by atoms with van der Waals surface area (Å²) in [5.41, 5.74) is 2.10. The summed E-state index contributed by atoms with van der Waals surface area (Å²) in [5.74, 6) is 0. The Morgan fingerprint density at radius 1 is 1.43 bits per heavy atom. The quantitative estimate of drug-likeness (QED) is 0.757. The van der Waals surface area contributed by atoms with Gasteiger partial charge >= 0.3 is 0 Å². The fourth-order valence-electron chi connectivity index (χ4n) is 1.96. The van der Waals surface area contributed by atoms with Crippen molar-refractivity contribution >= 4 is 0 Å². The number of nitrogens with zero attached hydrogens (tertiary/aromatic N) is 2. The van der Waals surface area contributed by atoms with Crippen LogP contribution in [0.2, 0.25) is 0 Å². The highest BCUT2D eigenvalue weighted by Gasteiger charge is 2.16. The van der Waals surface area contributed by atoms with E-state index < -0.39 is 0 Å². The second kappa shape index (κ2) is 3.70. The fraction of sp³-hybridized carbons (Fsp3) is 0.600. The maximum atomic E-state index is 11.7. The van der Waals surface area contributed by atoms with Crippen molar-refractivity contribution < 1.29 is 0 Å². The van der Waals surface area contributed by atoms with Gasteiger partial charge in [0, 0.05) is 11.3 Å². The van der Waals surface area contributed by atoms with Gasteiger partial charge in [-0.3, -0.25) is 14.6 Å². The average molecular weight is 191 g/mol. The van der Waals surface area contributed by atoms with Gasteiger partial charge in [-0.1, -0.05) is 0 Å². The number of hydrogen-bond donors (Lipinski definition) is 1. The molecule has 74 valence electrons. The standard InChI is InChI=1S/C10H13N3O/c11-6-3-7-13-10(14)8-4-1-2-5-9(8)12-13/h12H,1-5,7H2. The van der Waals surface area contributed by atoms with E-state index >= 15 is 0 Å². The minimum absolute atomic E-state index is 0.0787. The maximum absolute atomic E-state index is 11.7. The van der Waals surface area contributed by atoms with Crippen molar-refractivity contribution in [3.8, 4) is 6.07 Å². The lowest BCUT2D eigenvalue weighted by atomic mass is 9.98. The van der Waals surface area contributed by atoms with E-state index in [1.807, 2.05) is 6.07 Å². The average Bonchev–Trinajstić information content (AvgIpc) is 2.54. The molecule has 4 heteroatoms. The Morgan fingerprint density at radius 2 is 2.21 bits per heavy atom. The SMILES string of the molecule is N#CCCn1[nH]c2c(c1=O)CCCC2. The van der Waals surface area contributed by atoms with E-state index in [0.717, 1.165) is 36.9 Å². The molecular formula is C10H13N3O. The van der Waals surface area contributed by atoms with Crippen molar-refractivity contribution in [1.29, 1.82) is 5.26 Å². The predicted octanol–water partition coefficient (Wildman–Crippen LogP) is 0.969. The topological polar surface area (TPSA) is 61.6 Å². The monoisotopic (exact) mass is 191 g/mol. The highest BCUT2D eigenvalue weighted by atomic mass is 16.1. The first kappa shape index (κ1) is 9.07. The molecule has 0 saturated carbocycles. The lowest BCUT2D eigenvalue weighted by Crippen LogP contribution is -2.19. The molecule has 2 rings (SSSR count). The molecule has 0 amide bonds. The minimum atomic E-state index is 0.0787. The minimum Gasteiger partial charge on any atom is -0.299 e. The van der Waals surface area contributed by atoms with E-state index in [9.17, 15) is 4.79 Å². The van der Waals surface area contributed by atoms with Crippen molar-refractivity contribution in [1.82, 2.24) is 9.78 Å². The Balaban J connectivity index is 2.30. The second-order valence-corrected chi connectivity index (χ2v) is 3.64. The van der Waals surface area contributed by atoms with E-state index in [-0.39, 0.29) is 5.56 Å². The van der Waals surface area contributed by atoms with Crippen LogP contribution in [0.25, 0.3) is 0 Å². The first-order chi connectivity index (χ1) is 6.83. The summed E-state index contributed by atoms with van der Waals surface area (Å²) in [6, 6.07) is 2.04. The molecule has 0 spiro atoms. The Hall–Kier alpha value is -1.50. The van der Waals surface area contributed by atoms with Gasteiger partial charge in [0.2, 0.25) is 0 Å². The third-order valence-corrected chi connectivity index (χ3v) is 2.69. The van der Waals surface area contributed by atoms with E-state index in [2.05, 4.69) is 5.10 Å². The van der Waals surface area contributed by atoms with Gasteiger partial charge in [-0.05, 0) is 25.7 Å². The summed E-state index contributed by atoms with van der Waals surface area (Å²) >= 11 is 0. The summed E-state index contributed by atoms with van der Waals surface area (Å²) in [6.07, 6.45) is 4.52. The van der Waals surface area contributed by atoms with Crippen LogP contribution >= 0.6 is 0 Å². The number of aryl methyl sites for hydroxylation is 2. The van der Waals surface area contributed by atoms with Gasteiger partial charge in [0.1, 0.15) is 0 Å². The van der Waals surface area contributed by atoms with Gasteiger partial charge in [0.25, 0.3) is 5.56 Å².